The molecule has 0 saturated carbocycles. The van der Waals surface area contributed by atoms with Gasteiger partial charge < -0.3 is 10.3 Å². The standard InChI is InChI=1S/C31H27F2N3O3S/c1-3-40(38,39)23-14-12-21(13-15-23)29(30(34)37)20-8-10-22(11-9-20)31-35-27-16-7-19(2)17-28(27)36(31)18-24-25(32)5-4-6-26(24)33/h4-17,29H,3,18H2,1-2H3,(H2,34,37). The van der Waals surface area contributed by atoms with E-state index in [0.717, 1.165) is 11.1 Å². The van der Waals surface area contributed by atoms with Crippen molar-refractivity contribution in [3.8, 4) is 11.4 Å². The third kappa shape index (κ3) is 5.12. The number of imidazole rings is 1. The first-order chi connectivity index (χ1) is 19.1. The van der Waals surface area contributed by atoms with Crippen LogP contribution in [-0.2, 0) is 21.2 Å². The van der Waals surface area contributed by atoms with Gasteiger partial charge in [-0.1, -0.05) is 55.5 Å². The maximum atomic E-state index is 14.6. The van der Waals surface area contributed by atoms with Crippen molar-refractivity contribution < 1.29 is 22.0 Å². The highest BCUT2D eigenvalue weighted by molar-refractivity contribution is 7.91. The molecule has 0 saturated heterocycles. The average molecular weight is 560 g/mol. The van der Waals surface area contributed by atoms with E-state index in [9.17, 15) is 22.0 Å². The maximum absolute atomic E-state index is 14.6. The van der Waals surface area contributed by atoms with Gasteiger partial charge in [0, 0.05) is 11.1 Å². The minimum absolute atomic E-state index is 0.0268. The van der Waals surface area contributed by atoms with Crippen LogP contribution in [0.4, 0.5) is 8.78 Å². The molecule has 0 radical (unpaired) electrons. The van der Waals surface area contributed by atoms with E-state index in [0.29, 0.717) is 28.0 Å². The third-order valence-corrected chi connectivity index (χ3v) is 8.77. The summed E-state index contributed by atoms with van der Waals surface area (Å²) in [5, 5.41) is 0. The van der Waals surface area contributed by atoms with Gasteiger partial charge in [0.25, 0.3) is 0 Å². The fourth-order valence-electron chi connectivity index (χ4n) is 4.83. The van der Waals surface area contributed by atoms with Gasteiger partial charge in [0.05, 0.1) is 34.1 Å². The molecule has 0 aliphatic heterocycles. The Morgan fingerprint density at radius 1 is 0.925 bits per heavy atom. The molecule has 9 heteroatoms. The summed E-state index contributed by atoms with van der Waals surface area (Å²) in [6.45, 7) is 3.44. The molecule has 204 valence electrons. The van der Waals surface area contributed by atoms with E-state index < -0.39 is 33.3 Å². The van der Waals surface area contributed by atoms with Crippen molar-refractivity contribution in [1.29, 1.82) is 0 Å². The van der Waals surface area contributed by atoms with Crippen molar-refractivity contribution in [2.75, 3.05) is 5.75 Å². The fourth-order valence-corrected chi connectivity index (χ4v) is 5.72. The van der Waals surface area contributed by atoms with Crippen LogP contribution >= 0.6 is 0 Å². The summed E-state index contributed by atoms with van der Waals surface area (Å²) in [5.41, 5.74) is 9.94. The molecule has 0 bridgehead atoms. The topological polar surface area (TPSA) is 95.0 Å². The lowest BCUT2D eigenvalue weighted by atomic mass is 9.90. The molecule has 1 amide bonds. The number of nitrogens with zero attached hydrogens (tertiary/aromatic N) is 2. The molecule has 5 rings (SSSR count). The number of carbonyl (C=O) groups is 1. The fraction of sp³-hybridized carbons (Fsp3) is 0.161. The van der Waals surface area contributed by atoms with Gasteiger partial charge in [-0.2, -0.15) is 0 Å². The zero-order chi connectivity index (χ0) is 28.6. The van der Waals surface area contributed by atoms with Gasteiger partial charge in [-0.15, -0.1) is 0 Å². The van der Waals surface area contributed by atoms with E-state index in [1.807, 2.05) is 25.1 Å². The molecule has 0 aliphatic carbocycles. The van der Waals surface area contributed by atoms with Crippen LogP contribution in [0.15, 0.2) is 89.8 Å². The highest BCUT2D eigenvalue weighted by Gasteiger charge is 2.23. The number of carbonyl (C=O) groups excluding carboxylic acids is 1. The Labute approximate surface area is 231 Å². The monoisotopic (exact) mass is 559 g/mol. The highest BCUT2D eigenvalue weighted by atomic mass is 32.2. The van der Waals surface area contributed by atoms with Crippen LogP contribution in [0.25, 0.3) is 22.4 Å². The van der Waals surface area contributed by atoms with Crippen molar-refractivity contribution in [2.45, 2.75) is 31.2 Å². The van der Waals surface area contributed by atoms with Crippen LogP contribution in [0.3, 0.4) is 0 Å². The summed E-state index contributed by atoms with van der Waals surface area (Å²) in [6.07, 6.45) is 0. The first-order valence-electron chi connectivity index (χ1n) is 12.7. The first kappa shape index (κ1) is 27.2. The average Bonchev–Trinajstić information content (AvgIpc) is 3.28. The number of benzene rings is 4. The number of hydrogen-bond donors (Lipinski definition) is 1. The Hall–Kier alpha value is -4.37. The first-order valence-corrected chi connectivity index (χ1v) is 14.4. The largest absolute Gasteiger partial charge is 0.369 e. The Morgan fingerprint density at radius 2 is 1.52 bits per heavy atom. The number of amides is 1. The summed E-state index contributed by atoms with van der Waals surface area (Å²) >= 11 is 0. The number of fused-ring (bicyclic) bond motifs is 1. The highest BCUT2D eigenvalue weighted by Crippen LogP contribution is 2.31. The maximum Gasteiger partial charge on any atom is 0.229 e. The lowest BCUT2D eigenvalue weighted by molar-refractivity contribution is -0.118. The summed E-state index contributed by atoms with van der Waals surface area (Å²) in [7, 11) is -3.38. The predicted molar refractivity (Wildman–Crippen MR) is 151 cm³/mol. The molecule has 0 spiro atoms. The summed E-state index contributed by atoms with van der Waals surface area (Å²) < 4.78 is 55.3. The number of halogens is 2. The van der Waals surface area contributed by atoms with Crippen molar-refractivity contribution in [3.63, 3.8) is 0 Å². The quantitative estimate of drug-likeness (QED) is 0.262. The molecule has 1 atom stereocenters. The zero-order valence-corrected chi connectivity index (χ0v) is 22.8. The molecule has 1 heterocycles. The van der Waals surface area contributed by atoms with E-state index in [1.54, 1.807) is 47.9 Å². The Morgan fingerprint density at radius 3 is 2.10 bits per heavy atom. The molecule has 40 heavy (non-hydrogen) atoms. The van der Waals surface area contributed by atoms with Crippen LogP contribution in [0.1, 0.15) is 35.1 Å². The molecule has 0 fully saturated rings. The van der Waals surface area contributed by atoms with Crippen LogP contribution < -0.4 is 5.73 Å². The van der Waals surface area contributed by atoms with Crippen LogP contribution in [-0.4, -0.2) is 29.6 Å². The smallest absolute Gasteiger partial charge is 0.229 e. The van der Waals surface area contributed by atoms with Crippen molar-refractivity contribution >= 4 is 26.8 Å². The number of aromatic nitrogens is 2. The number of nitrogens with two attached hydrogens (primary N) is 1. The zero-order valence-electron chi connectivity index (χ0n) is 21.9. The van der Waals surface area contributed by atoms with Crippen molar-refractivity contribution in [2.24, 2.45) is 5.73 Å². The molecule has 2 N–H and O–H groups in total. The van der Waals surface area contributed by atoms with Crippen molar-refractivity contribution in [3.05, 3.63) is 119 Å². The van der Waals surface area contributed by atoms with Crippen LogP contribution in [0, 0.1) is 18.6 Å². The number of aryl methyl sites for hydroxylation is 1. The number of rotatable bonds is 8. The molecular weight excluding hydrogens is 532 g/mol. The van der Waals surface area contributed by atoms with Gasteiger partial charge in [0.15, 0.2) is 9.84 Å². The van der Waals surface area contributed by atoms with E-state index in [2.05, 4.69) is 0 Å². The van der Waals surface area contributed by atoms with E-state index in [1.165, 1.54) is 30.3 Å². The van der Waals surface area contributed by atoms with Gasteiger partial charge in [-0.25, -0.2) is 22.2 Å². The minimum Gasteiger partial charge on any atom is -0.369 e. The molecule has 1 unspecified atom stereocenters. The van der Waals surface area contributed by atoms with Gasteiger partial charge >= 0.3 is 0 Å². The molecule has 5 aromatic rings. The molecule has 4 aromatic carbocycles. The van der Waals surface area contributed by atoms with Gasteiger partial charge in [0.1, 0.15) is 17.5 Å². The van der Waals surface area contributed by atoms with Crippen molar-refractivity contribution in [1.82, 2.24) is 9.55 Å². The second kappa shape index (κ2) is 10.7. The van der Waals surface area contributed by atoms with E-state index >= 15 is 0 Å². The Kier molecular flexibility index (Phi) is 7.25. The summed E-state index contributed by atoms with van der Waals surface area (Å²) in [6, 6.07) is 22.7. The number of primary amides is 1. The molecule has 6 nitrogen and oxygen atoms in total. The summed E-state index contributed by atoms with van der Waals surface area (Å²) in [5.74, 6) is -2.19. The normalized spacial score (nSPS) is 12.5. The minimum atomic E-state index is -3.38. The van der Waals surface area contributed by atoms with Crippen LogP contribution in [0.2, 0.25) is 0 Å². The van der Waals surface area contributed by atoms with Gasteiger partial charge in [-0.3, -0.25) is 4.79 Å². The second-order valence-corrected chi connectivity index (χ2v) is 11.9. The van der Waals surface area contributed by atoms with Gasteiger partial charge in [-0.05, 0) is 60.0 Å². The molecule has 1 aromatic heterocycles. The molecular formula is C31H27F2N3O3S. The van der Waals surface area contributed by atoms with E-state index in [-0.39, 0.29) is 22.8 Å². The molecule has 0 aliphatic rings. The lowest BCUT2D eigenvalue weighted by Gasteiger charge is -2.16. The Bertz CT molecular complexity index is 1810. The predicted octanol–water partition coefficient (Wildman–Crippen LogP) is 5.75. The second-order valence-electron chi connectivity index (χ2n) is 9.64. The number of sulfone groups is 1. The van der Waals surface area contributed by atoms with Crippen LogP contribution in [0.5, 0.6) is 0 Å². The number of hydrogen-bond acceptors (Lipinski definition) is 4. The lowest BCUT2D eigenvalue weighted by Crippen LogP contribution is -2.22. The Balaban J connectivity index is 1.55. The third-order valence-electron chi connectivity index (χ3n) is 7.02. The van der Waals surface area contributed by atoms with E-state index in [4.69, 9.17) is 10.7 Å². The van der Waals surface area contributed by atoms with Gasteiger partial charge in [0.2, 0.25) is 5.91 Å². The SMILES string of the molecule is CCS(=O)(=O)c1ccc(C(C(N)=O)c2ccc(-c3nc4ccc(C)cc4n3Cc3c(F)cccc3F)cc2)cc1. The summed E-state index contributed by atoms with van der Waals surface area (Å²) in [4.78, 5) is 17.4.